The Balaban J connectivity index is 1.78. The van der Waals surface area contributed by atoms with Gasteiger partial charge >= 0.3 is 5.97 Å². The first-order chi connectivity index (χ1) is 11.7. The predicted molar refractivity (Wildman–Crippen MR) is 97.7 cm³/mol. The molecule has 3 rings (SSSR count). The number of carbonyl (C=O) groups excluding carboxylic acids is 1. The first-order valence-electron chi connectivity index (χ1n) is 7.28. The van der Waals surface area contributed by atoms with Gasteiger partial charge in [-0.05, 0) is 35.4 Å². The maximum absolute atomic E-state index is 11.7. The molecular formula is C18H15ClN2O2S. The van der Waals surface area contributed by atoms with Crippen molar-refractivity contribution in [1.82, 2.24) is 4.98 Å². The molecule has 0 saturated carbocycles. The fourth-order valence-corrected chi connectivity index (χ4v) is 3.22. The highest BCUT2D eigenvalue weighted by Gasteiger charge is 2.07. The number of ether oxygens (including phenoxy) is 1. The molecule has 0 radical (unpaired) electrons. The van der Waals surface area contributed by atoms with Gasteiger partial charge in [0, 0.05) is 16.8 Å². The predicted octanol–water partition coefficient (Wildman–Crippen LogP) is 4.86. The third-order valence-electron chi connectivity index (χ3n) is 3.47. The van der Waals surface area contributed by atoms with Crippen LogP contribution in [0.1, 0.15) is 15.2 Å². The average molecular weight is 359 g/mol. The van der Waals surface area contributed by atoms with Crippen molar-refractivity contribution in [3.8, 4) is 11.1 Å². The van der Waals surface area contributed by atoms with Gasteiger partial charge in [0.15, 0.2) is 4.47 Å². The number of aromatic nitrogens is 1. The van der Waals surface area contributed by atoms with E-state index in [0.717, 1.165) is 21.7 Å². The van der Waals surface area contributed by atoms with E-state index in [-0.39, 0.29) is 5.97 Å². The van der Waals surface area contributed by atoms with E-state index in [2.05, 4.69) is 10.3 Å². The molecule has 0 spiro atoms. The van der Waals surface area contributed by atoms with Crippen LogP contribution in [0.3, 0.4) is 0 Å². The zero-order valence-electron chi connectivity index (χ0n) is 13.0. The van der Waals surface area contributed by atoms with E-state index in [1.807, 2.05) is 42.5 Å². The zero-order chi connectivity index (χ0) is 16.9. The number of rotatable bonds is 5. The largest absolute Gasteiger partial charge is 0.465 e. The van der Waals surface area contributed by atoms with Crippen molar-refractivity contribution in [1.29, 1.82) is 0 Å². The van der Waals surface area contributed by atoms with Gasteiger partial charge in [0.25, 0.3) is 0 Å². The maximum atomic E-state index is 11.7. The molecule has 1 aromatic heterocycles. The monoisotopic (exact) mass is 358 g/mol. The summed E-state index contributed by atoms with van der Waals surface area (Å²) in [5.74, 6) is -0.340. The van der Waals surface area contributed by atoms with Crippen molar-refractivity contribution in [2.45, 2.75) is 6.54 Å². The van der Waals surface area contributed by atoms with E-state index in [4.69, 9.17) is 16.3 Å². The number of hydrogen-bond acceptors (Lipinski definition) is 5. The third kappa shape index (κ3) is 3.93. The number of nitrogens with zero attached hydrogens (tertiary/aromatic N) is 1. The molecule has 0 unspecified atom stereocenters. The third-order valence-corrected chi connectivity index (χ3v) is 4.59. The van der Waals surface area contributed by atoms with Crippen LogP contribution in [0.2, 0.25) is 4.47 Å². The normalized spacial score (nSPS) is 10.4. The van der Waals surface area contributed by atoms with E-state index in [9.17, 15) is 4.79 Å². The first-order valence-corrected chi connectivity index (χ1v) is 8.48. The lowest BCUT2D eigenvalue weighted by atomic mass is 10.0. The Kier molecular flexibility index (Phi) is 5.13. The van der Waals surface area contributed by atoms with Gasteiger partial charge in [0.1, 0.15) is 0 Å². The van der Waals surface area contributed by atoms with E-state index in [0.29, 0.717) is 16.6 Å². The number of carbonyl (C=O) groups is 1. The lowest BCUT2D eigenvalue weighted by Gasteiger charge is -2.08. The quantitative estimate of drug-likeness (QED) is 0.661. The van der Waals surface area contributed by atoms with Crippen LogP contribution in [0.5, 0.6) is 0 Å². The van der Waals surface area contributed by atoms with Gasteiger partial charge in [-0.15, -0.1) is 11.3 Å². The summed E-state index contributed by atoms with van der Waals surface area (Å²) in [6.07, 6.45) is 1.77. The molecule has 0 aliphatic heterocycles. The van der Waals surface area contributed by atoms with Crippen LogP contribution in [0.25, 0.3) is 11.1 Å². The van der Waals surface area contributed by atoms with Crippen LogP contribution in [0, 0.1) is 0 Å². The van der Waals surface area contributed by atoms with Crippen LogP contribution >= 0.6 is 22.9 Å². The van der Waals surface area contributed by atoms with Gasteiger partial charge in [-0.2, -0.15) is 0 Å². The molecule has 1 heterocycles. The number of methoxy groups -OCH3 is 1. The molecule has 24 heavy (non-hydrogen) atoms. The van der Waals surface area contributed by atoms with Gasteiger partial charge in [0.05, 0.1) is 19.2 Å². The number of esters is 1. The zero-order valence-corrected chi connectivity index (χ0v) is 14.5. The van der Waals surface area contributed by atoms with Gasteiger partial charge in [-0.1, -0.05) is 35.9 Å². The Bertz CT molecular complexity index is 863. The van der Waals surface area contributed by atoms with Gasteiger partial charge in [-0.3, -0.25) is 0 Å². The Morgan fingerprint density at radius 2 is 1.96 bits per heavy atom. The van der Waals surface area contributed by atoms with Gasteiger partial charge in [-0.25, -0.2) is 9.78 Å². The molecule has 0 aliphatic rings. The second-order valence-electron chi connectivity index (χ2n) is 5.09. The molecule has 0 saturated heterocycles. The summed E-state index contributed by atoms with van der Waals surface area (Å²) in [7, 11) is 1.38. The van der Waals surface area contributed by atoms with Crippen molar-refractivity contribution in [2.24, 2.45) is 0 Å². The lowest BCUT2D eigenvalue weighted by Crippen LogP contribution is -2.01. The summed E-state index contributed by atoms with van der Waals surface area (Å²) >= 11 is 7.30. The van der Waals surface area contributed by atoms with Crippen molar-refractivity contribution >= 4 is 34.6 Å². The van der Waals surface area contributed by atoms with E-state index in [1.54, 1.807) is 12.3 Å². The highest BCUT2D eigenvalue weighted by molar-refractivity contribution is 7.15. The summed E-state index contributed by atoms with van der Waals surface area (Å²) in [6, 6.07) is 15.4. The van der Waals surface area contributed by atoms with Crippen molar-refractivity contribution in [3.63, 3.8) is 0 Å². The van der Waals surface area contributed by atoms with Crippen LogP contribution in [0.15, 0.2) is 54.7 Å². The molecule has 2 aromatic carbocycles. The number of halogens is 1. The molecule has 0 bridgehead atoms. The standard InChI is InChI=1S/C18H15ClN2O2S/c1-23-17(22)14-6-2-4-12(8-14)13-5-3-7-15(9-13)20-10-16-11-21-18(19)24-16/h2-9,11,20H,10H2,1H3. The first kappa shape index (κ1) is 16.5. The van der Waals surface area contributed by atoms with Crippen LogP contribution in [0.4, 0.5) is 5.69 Å². The SMILES string of the molecule is COC(=O)c1cccc(-c2cccc(NCc3cnc(Cl)s3)c2)c1. The summed E-state index contributed by atoms with van der Waals surface area (Å²) in [4.78, 5) is 16.8. The average Bonchev–Trinajstić information content (AvgIpc) is 3.05. The fraction of sp³-hybridized carbons (Fsp3) is 0.111. The molecule has 6 heteroatoms. The Labute approximate surface area is 149 Å². The van der Waals surface area contributed by atoms with Crippen molar-refractivity contribution in [3.05, 3.63) is 69.6 Å². The van der Waals surface area contributed by atoms with Gasteiger partial charge in [0.2, 0.25) is 0 Å². The maximum Gasteiger partial charge on any atom is 0.337 e. The Hall–Kier alpha value is -2.37. The number of anilines is 1. The van der Waals surface area contributed by atoms with Gasteiger partial charge < -0.3 is 10.1 Å². The molecule has 1 N–H and O–H groups in total. The summed E-state index contributed by atoms with van der Waals surface area (Å²) < 4.78 is 5.32. The molecule has 3 aromatic rings. The summed E-state index contributed by atoms with van der Waals surface area (Å²) in [5.41, 5.74) is 3.50. The summed E-state index contributed by atoms with van der Waals surface area (Å²) in [6.45, 7) is 0.663. The van der Waals surface area contributed by atoms with Crippen molar-refractivity contribution < 1.29 is 9.53 Å². The highest BCUT2D eigenvalue weighted by Crippen LogP contribution is 2.25. The highest BCUT2D eigenvalue weighted by atomic mass is 35.5. The molecular weight excluding hydrogens is 344 g/mol. The fourth-order valence-electron chi connectivity index (χ4n) is 2.31. The minimum atomic E-state index is -0.340. The van der Waals surface area contributed by atoms with E-state index >= 15 is 0 Å². The van der Waals surface area contributed by atoms with Crippen LogP contribution < -0.4 is 5.32 Å². The number of benzene rings is 2. The molecule has 4 nitrogen and oxygen atoms in total. The Morgan fingerprint density at radius 3 is 2.67 bits per heavy atom. The lowest BCUT2D eigenvalue weighted by molar-refractivity contribution is 0.0601. The van der Waals surface area contributed by atoms with E-state index in [1.165, 1.54) is 18.4 Å². The minimum absolute atomic E-state index is 0.340. The number of hydrogen-bond donors (Lipinski definition) is 1. The molecule has 122 valence electrons. The second kappa shape index (κ2) is 7.47. The minimum Gasteiger partial charge on any atom is -0.465 e. The molecule has 0 fully saturated rings. The Morgan fingerprint density at radius 1 is 1.21 bits per heavy atom. The van der Waals surface area contributed by atoms with Crippen molar-refractivity contribution in [2.75, 3.05) is 12.4 Å². The van der Waals surface area contributed by atoms with Crippen LogP contribution in [-0.2, 0) is 11.3 Å². The number of nitrogens with one attached hydrogen (secondary N) is 1. The number of thiazole rings is 1. The van der Waals surface area contributed by atoms with Crippen LogP contribution in [-0.4, -0.2) is 18.1 Å². The topological polar surface area (TPSA) is 51.2 Å². The molecule has 0 aliphatic carbocycles. The summed E-state index contributed by atoms with van der Waals surface area (Å²) in [5, 5.41) is 3.35. The molecule has 0 atom stereocenters. The van der Waals surface area contributed by atoms with E-state index < -0.39 is 0 Å². The second-order valence-corrected chi connectivity index (χ2v) is 6.78. The smallest absolute Gasteiger partial charge is 0.337 e. The molecule has 0 amide bonds.